The molecule has 0 saturated carbocycles. The van der Waals surface area contributed by atoms with Gasteiger partial charge in [-0.1, -0.05) is 35.9 Å². The van der Waals surface area contributed by atoms with Crippen molar-refractivity contribution in [1.82, 2.24) is 0 Å². The summed E-state index contributed by atoms with van der Waals surface area (Å²) >= 11 is 0. The van der Waals surface area contributed by atoms with Gasteiger partial charge in [0.25, 0.3) is 0 Å². The van der Waals surface area contributed by atoms with Gasteiger partial charge in [0.15, 0.2) is 0 Å². The van der Waals surface area contributed by atoms with Gasteiger partial charge in [-0.15, -0.1) is 11.6 Å². The Bertz CT molecular complexity index is 577. The summed E-state index contributed by atoms with van der Waals surface area (Å²) in [5.41, 5.74) is 3.29. The van der Waals surface area contributed by atoms with Crippen molar-refractivity contribution in [1.29, 1.82) is 0 Å². The minimum absolute atomic E-state index is 0. The Hall–Kier alpha value is -2.00. The zero-order valence-electron chi connectivity index (χ0n) is 10.4. The Morgan fingerprint density at radius 1 is 0.895 bits per heavy atom. The Labute approximate surface area is 125 Å². The third-order valence-electron chi connectivity index (χ3n) is 2.61. The summed E-state index contributed by atoms with van der Waals surface area (Å²) in [6, 6.07) is 26.2. The molecule has 0 aliphatic heterocycles. The molecule has 3 aromatic carbocycles. The fourth-order valence-corrected chi connectivity index (χ4v) is 1.74. The van der Waals surface area contributed by atoms with Gasteiger partial charge in [-0.25, -0.2) is 18.6 Å². The molecule has 94 valence electrons. The second-order valence-electron chi connectivity index (χ2n) is 3.83. The molecule has 0 saturated heterocycles. The molecule has 0 radical (unpaired) electrons. The van der Waals surface area contributed by atoms with E-state index < -0.39 is 0 Å². The first-order valence-electron chi connectivity index (χ1n) is 5.86. The van der Waals surface area contributed by atoms with Crippen LogP contribution in [0, 0.1) is 12.3 Å². The van der Waals surface area contributed by atoms with Gasteiger partial charge in [0.1, 0.15) is 0 Å². The van der Waals surface area contributed by atoms with Crippen LogP contribution in [0.4, 0.5) is 0 Å². The Morgan fingerprint density at radius 3 is 2.11 bits per heavy atom. The molecule has 0 aliphatic rings. The molecule has 0 unspecified atom stereocenters. The van der Waals surface area contributed by atoms with Crippen LogP contribution in [0.3, 0.4) is 0 Å². The number of hydrogen-bond donors (Lipinski definition) is 0. The van der Waals surface area contributed by atoms with Crippen molar-refractivity contribution >= 4 is 0 Å². The van der Waals surface area contributed by atoms with Crippen LogP contribution in [-0.4, -0.2) is 0 Å². The standard InChI is InChI=1S/C13H9.C5H5.Fe/c1-2-11-9-6-10-13(11)12-7-4-3-5-8-12;1-2-4-5-3-1;/h1,3-10H;1-5H;/q2*-1;+2. The smallest absolute Gasteiger partial charge is 0.214 e. The minimum Gasteiger partial charge on any atom is -0.214 e. The first-order chi connectivity index (χ1) is 8.92. The van der Waals surface area contributed by atoms with E-state index in [1.165, 1.54) is 5.56 Å². The quantitative estimate of drug-likeness (QED) is 0.352. The van der Waals surface area contributed by atoms with Crippen LogP contribution in [0.2, 0.25) is 0 Å². The molecule has 0 atom stereocenters. The van der Waals surface area contributed by atoms with Gasteiger partial charge < -0.3 is 0 Å². The molecule has 0 heterocycles. The first kappa shape index (κ1) is 15.1. The van der Waals surface area contributed by atoms with E-state index in [1.54, 1.807) is 0 Å². The third-order valence-corrected chi connectivity index (χ3v) is 2.61. The molecule has 0 aliphatic carbocycles. The molecule has 0 amide bonds. The number of benzene rings is 1. The van der Waals surface area contributed by atoms with E-state index in [4.69, 9.17) is 6.42 Å². The fraction of sp³-hybridized carbons (Fsp3) is 0. The van der Waals surface area contributed by atoms with Crippen LogP contribution in [0.25, 0.3) is 11.1 Å². The van der Waals surface area contributed by atoms with Gasteiger partial charge >= 0.3 is 17.1 Å². The van der Waals surface area contributed by atoms with E-state index in [1.807, 2.05) is 66.7 Å². The summed E-state index contributed by atoms with van der Waals surface area (Å²) in [5.74, 6) is 2.67. The van der Waals surface area contributed by atoms with Crippen molar-refractivity contribution in [3.63, 3.8) is 0 Å². The van der Waals surface area contributed by atoms with Crippen LogP contribution in [0.15, 0.2) is 78.9 Å². The van der Waals surface area contributed by atoms with Crippen LogP contribution < -0.4 is 0 Å². The molecule has 0 spiro atoms. The van der Waals surface area contributed by atoms with E-state index in [2.05, 4.69) is 18.1 Å². The molecule has 19 heavy (non-hydrogen) atoms. The topological polar surface area (TPSA) is 0 Å². The maximum absolute atomic E-state index is 5.38. The Kier molecular flexibility index (Phi) is 6.47. The SMILES string of the molecule is C#C[c-]1cccc1-c1ccccc1.[Fe+2].c1cc[cH-]c1. The summed E-state index contributed by atoms with van der Waals surface area (Å²) < 4.78 is 0. The molecule has 0 fully saturated rings. The van der Waals surface area contributed by atoms with Crippen molar-refractivity contribution in [3.8, 4) is 23.5 Å². The molecule has 0 bridgehead atoms. The van der Waals surface area contributed by atoms with Gasteiger partial charge in [-0.05, 0) is 5.56 Å². The van der Waals surface area contributed by atoms with Crippen LogP contribution in [0.5, 0.6) is 0 Å². The normalized spacial score (nSPS) is 8.58. The van der Waals surface area contributed by atoms with Crippen molar-refractivity contribution < 1.29 is 17.1 Å². The number of hydrogen-bond acceptors (Lipinski definition) is 0. The van der Waals surface area contributed by atoms with Crippen molar-refractivity contribution in [2.24, 2.45) is 0 Å². The number of terminal acetylenes is 1. The summed E-state index contributed by atoms with van der Waals surface area (Å²) in [7, 11) is 0. The van der Waals surface area contributed by atoms with Crippen molar-refractivity contribution in [2.75, 3.05) is 0 Å². The van der Waals surface area contributed by atoms with E-state index in [-0.39, 0.29) is 17.1 Å². The van der Waals surface area contributed by atoms with E-state index in [0.29, 0.717) is 0 Å². The molecule has 3 rings (SSSR count). The van der Waals surface area contributed by atoms with E-state index >= 15 is 0 Å². The molecule has 3 aromatic rings. The second kappa shape index (κ2) is 8.16. The van der Waals surface area contributed by atoms with Gasteiger partial charge in [0.2, 0.25) is 0 Å². The molecular formula is C18H14Fe. The zero-order chi connectivity index (χ0) is 12.6. The molecular weight excluding hydrogens is 272 g/mol. The average molecular weight is 286 g/mol. The van der Waals surface area contributed by atoms with Crippen molar-refractivity contribution in [3.05, 3.63) is 84.4 Å². The van der Waals surface area contributed by atoms with Crippen molar-refractivity contribution in [2.45, 2.75) is 0 Å². The maximum Gasteiger partial charge on any atom is 2.00 e. The third kappa shape index (κ3) is 4.30. The van der Waals surface area contributed by atoms with E-state index in [9.17, 15) is 0 Å². The fourth-order valence-electron chi connectivity index (χ4n) is 1.74. The Morgan fingerprint density at radius 2 is 1.58 bits per heavy atom. The molecule has 0 N–H and O–H groups in total. The Balaban J connectivity index is 0.000000256. The van der Waals surface area contributed by atoms with E-state index in [0.717, 1.165) is 11.1 Å². The number of rotatable bonds is 1. The van der Waals surface area contributed by atoms with Gasteiger partial charge in [-0.3, -0.25) is 0 Å². The molecule has 0 nitrogen and oxygen atoms in total. The summed E-state index contributed by atoms with van der Waals surface area (Å²) in [6.07, 6.45) is 5.38. The summed E-state index contributed by atoms with van der Waals surface area (Å²) in [5, 5.41) is 0. The van der Waals surface area contributed by atoms with Crippen LogP contribution in [0.1, 0.15) is 5.56 Å². The zero-order valence-corrected chi connectivity index (χ0v) is 11.5. The second-order valence-corrected chi connectivity index (χ2v) is 3.83. The predicted octanol–water partition coefficient (Wildman–Crippen LogP) is 4.46. The van der Waals surface area contributed by atoms with Crippen LogP contribution in [-0.2, 0) is 17.1 Å². The average Bonchev–Trinajstić information content (AvgIpc) is 3.13. The van der Waals surface area contributed by atoms with Gasteiger partial charge in [0.05, 0.1) is 0 Å². The summed E-state index contributed by atoms with van der Waals surface area (Å²) in [6.45, 7) is 0. The monoisotopic (exact) mass is 286 g/mol. The largest absolute Gasteiger partial charge is 2.00 e. The van der Waals surface area contributed by atoms with Gasteiger partial charge in [-0.2, -0.15) is 36.3 Å². The van der Waals surface area contributed by atoms with Gasteiger partial charge in [0, 0.05) is 0 Å². The minimum atomic E-state index is 0. The summed E-state index contributed by atoms with van der Waals surface area (Å²) in [4.78, 5) is 0. The molecule has 1 heteroatoms. The maximum atomic E-state index is 5.38. The first-order valence-corrected chi connectivity index (χ1v) is 5.86. The van der Waals surface area contributed by atoms with Crippen LogP contribution >= 0.6 is 0 Å². The predicted molar refractivity (Wildman–Crippen MR) is 77.4 cm³/mol. The molecule has 0 aromatic heterocycles.